The van der Waals surface area contributed by atoms with Gasteiger partial charge in [0.2, 0.25) is 0 Å². The highest BCUT2D eigenvalue weighted by molar-refractivity contribution is 6.18. The number of carbonyl (C=O) groups excluding carboxylic acids is 1. The van der Waals surface area contributed by atoms with Crippen LogP contribution in [0, 0.1) is 5.41 Å². The van der Waals surface area contributed by atoms with Crippen LogP contribution in [0.25, 0.3) is 5.57 Å². The number of hydrogen-bond donors (Lipinski definition) is 1. The van der Waals surface area contributed by atoms with Crippen LogP contribution in [0.1, 0.15) is 5.56 Å². The van der Waals surface area contributed by atoms with Gasteiger partial charge in [-0.25, -0.2) is 0 Å². The highest BCUT2D eigenvalue weighted by atomic mass is 16.5. The van der Waals surface area contributed by atoms with E-state index >= 15 is 0 Å². The smallest absolute Gasteiger partial charge is 0.159 e. The fraction of sp³-hybridized carbons (Fsp3) is 0.438. The molecule has 0 unspecified atom stereocenters. The lowest BCUT2D eigenvalue weighted by Gasteiger charge is -2.36. The summed E-state index contributed by atoms with van der Waals surface area (Å²) in [6, 6.07) is 7.75. The van der Waals surface area contributed by atoms with Gasteiger partial charge >= 0.3 is 0 Å². The van der Waals surface area contributed by atoms with Gasteiger partial charge in [-0.3, -0.25) is 15.1 Å². The Labute approximate surface area is 125 Å². The van der Waals surface area contributed by atoms with Crippen LogP contribution in [0.4, 0.5) is 5.69 Å². The fourth-order valence-electron chi connectivity index (χ4n) is 2.47. The molecule has 1 N–H and O–H groups in total. The quantitative estimate of drug-likeness (QED) is 0.486. The standard InChI is InChI=1S/C16H21N3O2/c1-21-11-10-18-6-8-19(9-7-18)16-4-2-14(3-5-16)15(12-17)13-20/h2-5,13,17H,6-11H2,1H3. The molecule has 1 aromatic carbocycles. The summed E-state index contributed by atoms with van der Waals surface area (Å²) < 4.78 is 5.11. The number of rotatable bonds is 6. The van der Waals surface area contributed by atoms with Crippen LogP contribution < -0.4 is 4.90 Å². The number of anilines is 1. The van der Waals surface area contributed by atoms with Gasteiger partial charge in [0.05, 0.1) is 12.2 Å². The topological polar surface area (TPSA) is 56.6 Å². The number of allylic oxidation sites excluding steroid dienone is 1. The minimum Gasteiger partial charge on any atom is -0.383 e. The second-order valence-corrected chi connectivity index (χ2v) is 5.02. The van der Waals surface area contributed by atoms with E-state index in [0.29, 0.717) is 6.29 Å². The lowest BCUT2D eigenvalue weighted by molar-refractivity contribution is -0.103. The highest BCUT2D eigenvalue weighted by Gasteiger charge is 2.16. The van der Waals surface area contributed by atoms with Crippen LogP contribution in [0.5, 0.6) is 0 Å². The number of ether oxygens (including phenoxy) is 1. The van der Waals surface area contributed by atoms with Gasteiger partial charge < -0.3 is 9.64 Å². The number of aldehydes is 1. The number of methoxy groups -OCH3 is 1. The molecule has 1 aromatic rings. The molecule has 0 aromatic heterocycles. The van der Waals surface area contributed by atoms with Crippen molar-refractivity contribution in [3.63, 3.8) is 0 Å². The normalized spacial score (nSPS) is 15.6. The number of nitrogens with one attached hydrogen (secondary N) is 1. The van der Waals surface area contributed by atoms with Gasteiger partial charge in [0.1, 0.15) is 0 Å². The monoisotopic (exact) mass is 287 g/mol. The summed E-state index contributed by atoms with van der Waals surface area (Å²) in [5.41, 5.74) is 2.17. The first kappa shape index (κ1) is 15.4. The highest BCUT2D eigenvalue weighted by Crippen LogP contribution is 2.19. The van der Waals surface area contributed by atoms with E-state index < -0.39 is 0 Å². The van der Waals surface area contributed by atoms with Crippen molar-refractivity contribution in [1.29, 1.82) is 5.41 Å². The number of nitrogens with zero attached hydrogens (tertiary/aromatic N) is 2. The number of benzene rings is 1. The summed E-state index contributed by atoms with van der Waals surface area (Å²) in [5.74, 6) is 2.16. The van der Waals surface area contributed by atoms with Gasteiger partial charge in [0, 0.05) is 45.5 Å². The Morgan fingerprint density at radius 1 is 1.29 bits per heavy atom. The van der Waals surface area contributed by atoms with E-state index in [1.54, 1.807) is 7.11 Å². The third-order valence-corrected chi connectivity index (χ3v) is 3.78. The Hall–Kier alpha value is -1.94. The first-order valence-electron chi connectivity index (χ1n) is 7.10. The van der Waals surface area contributed by atoms with E-state index in [1.807, 2.05) is 24.3 Å². The maximum absolute atomic E-state index is 10.8. The molecule has 5 heteroatoms. The molecule has 0 saturated carbocycles. The molecule has 1 aliphatic rings. The summed E-state index contributed by atoms with van der Waals surface area (Å²) in [5, 5.41) is 7.08. The van der Waals surface area contributed by atoms with Gasteiger partial charge in [-0.1, -0.05) is 12.1 Å². The van der Waals surface area contributed by atoms with Gasteiger partial charge in [-0.05, 0) is 23.6 Å². The molecule has 0 spiro atoms. The molecule has 0 atom stereocenters. The molecule has 112 valence electrons. The second kappa shape index (κ2) is 7.74. The molecule has 0 aliphatic carbocycles. The molecule has 0 amide bonds. The SMILES string of the molecule is COCCN1CCN(c2ccc(C(=C=N)C=O)cc2)CC1. The third kappa shape index (κ3) is 4.02. The van der Waals surface area contributed by atoms with E-state index in [0.717, 1.165) is 50.6 Å². The summed E-state index contributed by atoms with van der Waals surface area (Å²) in [6.45, 7) is 5.81. The zero-order valence-corrected chi connectivity index (χ0v) is 12.3. The van der Waals surface area contributed by atoms with Crippen LogP contribution in [0.3, 0.4) is 0 Å². The summed E-state index contributed by atoms with van der Waals surface area (Å²) in [4.78, 5) is 15.5. The van der Waals surface area contributed by atoms with E-state index in [2.05, 4.69) is 15.7 Å². The molecular formula is C16H21N3O2. The molecule has 21 heavy (non-hydrogen) atoms. The van der Waals surface area contributed by atoms with E-state index in [4.69, 9.17) is 10.1 Å². The van der Waals surface area contributed by atoms with Gasteiger partial charge in [-0.15, -0.1) is 0 Å². The van der Waals surface area contributed by atoms with Gasteiger partial charge in [0.25, 0.3) is 0 Å². The summed E-state index contributed by atoms with van der Waals surface area (Å²) in [7, 11) is 1.73. The average molecular weight is 287 g/mol. The van der Waals surface area contributed by atoms with Crippen molar-refractivity contribution in [1.82, 2.24) is 4.90 Å². The van der Waals surface area contributed by atoms with Crippen LogP contribution >= 0.6 is 0 Å². The number of piperazine rings is 1. The van der Waals surface area contributed by atoms with Crippen molar-refractivity contribution in [2.45, 2.75) is 0 Å². The molecular weight excluding hydrogens is 266 g/mol. The maximum atomic E-state index is 10.8. The minimum absolute atomic E-state index is 0.283. The lowest BCUT2D eigenvalue weighted by Crippen LogP contribution is -2.47. The Morgan fingerprint density at radius 3 is 2.48 bits per heavy atom. The fourth-order valence-corrected chi connectivity index (χ4v) is 2.47. The maximum Gasteiger partial charge on any atom is 0.159 e. The van der Waals surface area contributed by atoms with Crippen LogP contribution in [-0.4, -0.2) is 63.5 Å². The van der Waals surface area contributed by atoms with Crippen molar-refractivity contribution >= 4 is 23.4 Å². The van der Waals surface area contributed by atoms with Crippen LogP contribution in [0.15, 0.2) is 24.3 Å². The van der Waals surface area contributed by atoms with Crippen molar-refractivity contribution in [3.8, 4) is 0 Å². The molecule has 0 radical (unpaired) electrons. The number of carbonyl (C=O) groups is 1. The van der Waals surface area contributed by atoms with E-state index in [-0.39, 0.29) is 5.57 Å². The summed E-state index contributed by atoms with van der Waals surface area (Å²) in [6.07, 6.45) is 0.663. The summed E-state index contributed by atoms with van der Waals surface area (Å²) >= 11 is 0. The molecule has 1 heterocycles. The van der Waals surface area contributed by atoms with Gasteiger partial charge in [0.15, 0.2) is 6.29 Å². The first-order valence-corrected chi connectivity index (χ1v) is 7.10. The Bertz CT molecular complexity index is 513. The van der Waals surface area contributed by atoms with Crippen molar-refractivity contribution in [2.24, 2.45) is 0 Å². The van der Waals surface area contributed by atoms with E-state index in [9.17, 15) is 4.79 Å². The van der Waals surface area contributed by atoms with E-state index in [1.165, 1.54) is 0 Å². The Balaban J connectivity index is 1.95. The van der Waals surface area contributed by atoms with Gasteiger partial charge in [-0.2, -0.15) is 0 Å². The lowest BCUT2D eigenvalue weighted by atomic mass is 10.1. The minimum atomic E-state index is 0.283. The van der Waals surface area contributed by atoms with Crippen molar-refractivity contribution in [2.75, 3.05) is 51.3 Å². The predicted molar refractivity (Wildman–Crippen MR) is 84.2 cm³/mol. The third-order valence-electron chi connectivity index (χ3n) is 3.78. The average Bonchev–Trinajstić information content (AvgIpc) is 2.55. The molecule has 0 bridgehead atoms. The van der Waals surface area contributed by atoms with Crippen molar-refractivity contribution < 1.29 is 9.53 Å². The Morgan fingerprint density at radius 2 is 1.95 bits per heavy atom. The zero-order valence-electron chi connectivity index (χ0n) is 12.3. The largest absolute Gasteiger partial charge is 0.383 e. The van der Waals surface area contributed by atoms with Crippen molar-refractivity contribution in [3.05, 3.63) is 29.8 Å². The van der Waals surface area contributed by atoms with Crippen LogP contribution in [-0.2, 0) is 9.53 Å². The first-order chi connectivity index (χ1) is 10.3. The van der Waals surface area contributed by atoms with Crippen LogP contribution in [0.2, 0.25) is 0 Å². The zero-order chi connectivity index (χ0) is 15.1. The molecule has 2 rings (SSSR count). The molecule has 1 fully saturated rings. The second-order valence-electron chi connectivity index (χ2n) is 5.02. The number of hydrogen-bond acceptors (Lipinski definition) is 5. The molecule has 1 aliphatic heterocycles. The molecule has 5 nitrogen and oxygen atoms in total. The Kier molecular flexibility index (Phi) is 5.69. The molecule has 1 saturated heterocycles. The predicted octanol–water partition coefficient (Wildman–Crippen LogP) is 1.29.